The van der Waals surface area contributed by atoms with Crippen LogP contribution < -0.4 is 4.74 Å². The van der Waals surface area contributed by atoms with Crippen molar-refractivity contribution < 1.29 is 23.8 Å². The van der Waals surface area contributed by atoms with E-state index in [1.807, 2.05) is 31.2 Å². The zero-order valence-electron chi connectivity index (χ0n) is 21.1. The summed E-state index contributed by atoms with van der Waals surface area (Å²) in [5.74, 6) is -0.0571. The molecule has 0 radical (unpaired) electrons. The molecule has 35 heavy (non-hydrogen) atoms. The van der Waals surface area contributed by atoms with Crippen LogP contribution >= 0.6 is 22.9 Å². The number of unbranched alkanes of at least 4 members (excludes halogenated alkanes) is 3. The molecule has 2 aromatic rings. The number of methoxy groups -OCH3 is 1. The third-order valence-corrected chi connectivity index (χ3v) is 7.74. The molecule has 1 aliphatic carbocycles. The van der Waals surface area contributed by atoms with Crippen molar-refractivity contribution >= 4 is 28.9 Å². The van der Waals surface area contributed by atoms with Crippen molar-refractivity contribution in [1.82, 2.24) is 4.98 Å². The minimum absolute atomic E-state index is 0.0291. The van der Waals surface area contributed by atoms with Crippen LogP contribution in [0.15, 0.2) is 24.3 Å². The molecule has 3 atom stereocenters. The van der Waals surface area contributed by atoms with Crippen LogP contribution in [-0.4, -0.2) is 35.2 Å². The SMILES string of the molecule is CCCCCC(O)c1cccc(OC[C@@H]2CCCC2Cl)c1.CCCCc1nc(F)c(C(=O)OC)s1. The molecule has 1 aromatic heterocycles. The summed E-state index contributed by atoms with van der Waals surface area (Å²) in [5.41, 5.74) is 0.956. The second-order valence-corrected chi connectivity index (χ2v) is 10.6. The van der Waals surface area contributed by atoms with E-state index < -0.39 is 11.9 Å². The molecule has 1 heterocycles. The van der Waals surface area contributed by atoms with Gasteiger partial charge in [0.25, 0.3) is 0 Å². The second kappa shape index (κ2) is 16.1. The number of alkyl halides is 1. The van der Waals surface area contributed by atoms with E-state index in [4.69, 9.17) is 16.3 Å². The maximum Gasteiger partial charge on any atom is 0.352 e. The van der Waals surface area contributed by atoms with Gasteiger partial charge in [0.1, 0.15) is 5.75 Å². The van der Waals surface area contributed by atoms with Crippen LogP contribution in [0.3, 0.4) is 0 Å². The van der Waals surface area contributed by atoms with Gasteiger partial charge in [-0.05, 0) is 49.8 Å². The predicted octanol–water partition coefficient (Wildman–Crippen LogP) is 7.50. The summed E-state index contributed by atoms with van der Waals surface area (Å²) in [7, 11) is 1.23. The highest BCUT2D eigenvalue weighted by molar-refractivity contribution is 7.13. The van der Waals surface area contributed by atoms with Gasteiger partial charge in [0, 0.05) is 11.3 Å². The Morgan fingerprint density at radius 1 is 1.26 bits per heavy atom. The number of carbonyl (C=O) groups excluding carboxylic acids is 1. The third-order valence-electron chi connectivity index (χ3n) is 6.10. The average molecular weight is 528 g/mol. The molecule has 0 amide bonds. The van der Waals surface area contributed by atoms with Gasteiger partial charge < -0.3 is 14.6 Å². The molecular formula is C27H39ClFNO4S. The summed E-state index contributed by atoms with van der Waals surface area (Å²) in [6.45, 7) is 4.91. The quantitative estimate of drug-likeness (QED) is 0.176. The highest BCUT2D eigenvalue weighted by Gasteiger charge is 2.25. The van der Waals surface area contributed by atoms with Gasteiger partial charge in [0.05, 0.1) is 24.8 Å². The molecule has 1 aromatic carbocycles. The normalized spacial score (nSPS) is 18.0. The Hall–Kier alpha value is -1.70. The van der Waals surface area contributed by atoms with Crippen LogP contribution in [0.1, 0.15) is 98.0 Å². The Balaban J connectivity index is 0.000000269. The van der Waals surface area contributed by atoms with E-state index in [0.717, 1.165) is 67.6 Å². The van der Waals surface area contributed by atoms with E-state index in [0.29, 0.717) is 17.5 Å². The number of halogens is 2. The first kappa shape index (κ1) is 29.5. The van der Waals surface area contributed by atoms with Crippen molar-refractivity contribution in [1.29, 1.82) is 0 Å². The molecule has 3 rings (SSSR count). The fourth-order valence-electron chi connectivity index (χ4n) is 3.95. The number of esters is 1. The molecule has 1 fully saturated rings. The van der Waals surface area contributed by atoms with E-state index in [1.54, 1.807) is 0 Å². The van der Waals surface area contributed by atoms with Crippen molar-refractivity contribution in [2.24, 2.45) is 5.92 Å². The number of rotatable bonds is 12. The van der Waals surface area contributed by atoms with Gasteiger partial charge in [-0.15, -0.1) is 22.9 Å². The number of ether oxygens (including phenoxy) is 2. The summed E-state index contributed by atoms with van der Waals surface area (Å²) in [6, 6.07) is 7.86. The van der Waals surface area contributed by atoms with Gasteiger partial charge in [-0.2, -0.15) is 4.39 Å². The smallest absolute Gasteiger partial charge is 0.352 e. The highest BCUT2D eigenvalue weighted by Crippen LogP contribution is 2.31. The lowest BCUT2D eigenvalue weighted by Gasteiger charge is -2.16. The molecule has 0 spiro atoms. The minimum Gasteiger partial charge on any atom is -0.493 e. The zero-order valence-corrected chi connectivity index (χ0v) is 22.7. The fourth-order valence-corrected chi connectivity index (χ4v) is 5.20. The molecule has 1 aliphatic rings. The highest BCUT2D eigenvalue weighted by atomic mass is 35.5. The average Bonchev–Trinajstić information content (AvgIpc) is 3.46. The Labute approximate surface area is 218 Å². The zero-order chi connectivity index (χ0) is 25.6. The fraction of sp³-hybridized carbons (Fsp3) is 0.630. The number of benzene rings is 1. The number of aliphatic hydroxyl groups excluding tert-OH is 1. The van der Waals surface area contributed by atoms with Crippen molar-refractivity contribution in [3.8, 4) is 5.75 Å². The monoisotopic (exact) mass is 527 g/mol. The van der Waals surface area contributed by atoms with Crippen LogP contribution in [-0.2, 0) is 11.2 Å². The molecule has 8 heteroatoms. The summed E-state index contributed by atoms with van der Waals surface area (Å²) in [6.07, 6.45) is 10.0. The largest absolute Gasteiger partial charge is 0.493 e. The third kappa shape index (κ3) is 10.1. The molecule has 0 saturated heterocycles. The minimum atomic E-state index is -0.715. The summed E-state index contributed by atoms with van der Waals surface area (Å²) < 4.78 is 23.4. The number of aromatic nitrogens is 1. The molecule has 2 unspecified atom stereocenters. The van der Waals surface area contributed by atoms with Crippen LogP contribution in [0.5, 0.6) is 5.75 Å². The first-order chi connectivity index (χ1) is 16.9. The van der Waals surface area contributed by atoms with E-state index in [2.05, 4.69) is 16.6 Å². The lowest BCUT2D eigenvalue weighted by atomic mass is 10.0. The first-order valence-electron chi connectivity index (χ1n) is 12.7. The van der Waals surface area contributed by atoms with Gasteiger partial charge in [-0.3, -0.25) is 0 Å². The van der Waals surface area contributed by atoms with Gasteiger partial charge in [-0.1, -0.05) is 58.1 Å². The summed E-state index contributed by atoms with van der Waals surface area (Å²) in [5, 5.41) is 11.1. The van der Waals surface area contributed by atoms with Gasteiger partial charge in [-0.25, -0.2) is 9.78 Å². The second-order valence-electron chi connectivity index (χ2n) is 8.92. The first-order valence-corrected chi connectivity index (χ1v) is 13.9. The van der Waals surface area contributed by atoms with E-state index in [9.17, 15) is 14.3 Å². The lowest BCUT2D eigenvalue weighted by molar-refractivity contribution is 0.0601. The molecule has 1 saturated carbocycles. The number of aryl methyl sites for hydroxylation is 1. The molecular weight excluding hydrogens is 489 g/mol. The Morgan fingerprint density at radius 3 is 2.69 bits per heavy atom. The van der Waals surface area contributed by atoms with Gasteiger partial charge >= 0.3 is 5.97 Å². The molecule has 0 aliphatic heterocycles. The molecule has 5 nitrogen and oxygen atoms in total. The van der Waals surface area contributed by atoms with Crippen LogP contribution in [0.2, 0.25) is 0 Å². The predicted molar refractivity (Wildman–Crippen MR) is 140 cm³/mol. The number of hydrogen-bond acceptors (Lipinski definition) is 6. The number of hydrogen-bond donors (Lipinski definition) is 1. The maximum atomic E-state index is 13.1. The number of nitrogens with zero attached hydrogens (tertiary/aromatic N) is 1. The molecule has 1 N–H and O–H groups in total. The van der Waals surface area contributed by atoms with E-state index in [-0.39, 0.29) is 16.4 Å². The van der Waals surface area contributed by atoms with Crippen molar-refractivity contribution in [3.63, 3.8) is 0 Å². The topological polar surface area (TPSA) is 68.7 Å². The Morgan fingerprint density at radius 2 is 2.03 bits per heavy atom. The Kier molecular flexibility index (Phi) is 13.6. The standard InChI is InChI=1S/C18H27ClO2.C9H12FNO2S/c1-2-3-4-11-18(20)14-7-5-9-16(12-14)21-13-15-8-6-10-17(15)19;1-3-4-5-6-11-8(10)7(14-6)9(12)13-2/h5,7,9,12,15,17-18,20H,2-4,6,8,10-11,13H2,1H3;3-5H2,1-2H3/t15-,17?,18?;/m0./s1. The Bertz CT molecular complexity index is 894. The van der Waals surface area contributed by atoms with Crippen molar-refractivity contribution in [2.45, 2.75) is 89.5 Å². The van der Waals surface area contributed by atoms with Gasteiger partial charge in [0.2, 0.25) is 5.95 Å². The van der Waals surface area contributed by atoms with Crippen LogP contribution in [0.4, 0.5) is 4.39 Å². The summed E-state index contributed by atoms with van der Waals surface area (Å²) in [4.78, 5) is 14.7. The van der Waals surface area contributed by atoms with Crippen molar-refractivity contribution in [2.75, 3.05) is 13.7 Å². The van der Waals surface area contributed by atoms with E-state index >= 15 is 0 Å². The van der Waals surface area contributed by atoms with Crippen molar-refractivity contribution in [3.05, 3.63) is 45.7 Å². The van der Waals surface area contributed by atoms with Crippen LogP contribution in [0, 0.1) is 11.9 Å². The number of thiazole rings is 1. The van der Waals surface area contributed by atoms with Crippen LogP contribution in [0.25, 0.3) is 0 Å². The number of aliphatic hydroxyl groups is 1. The summed E-state index contributed by atoms with van der Waals surface area (Å²) >= 11 is 7.35. The van der Waals surface area contributed by atoms with Gasteiger partial charge in [0.15, 0.2) is 4.88 Å². The number of carbonyl (C=O) groups is 1. The lowest BCUT2D eigenvalue weighted by Crippen LogP contribution is -2.16. The molecule has 0 bridgehead atoms. The van der Waals surface area contributed by atoms with E-state index in [1.165, 1.54) is 26.4 Å². The molecule has 196 valence electrons. The maximum absolute atomic E-state index is 13.1.